The highest BCUT2D eigenvalue weighted by molar-refractivity contribution is 5.81. The molecule has 2 fully saturated rings. The molecule has 0 radical (unpaired) electrons. The summed E-state index contributed by atoms with van der Waals surface area (Å²) in [5.74, 6) is 1.48. The van der Waals surface area contributed by atoms with Gasteiger partial charge in [0.25, 0.3) is 5.91 Å². The van der Waals surface area contributed by atoms with Crippen molar-refractivity contribution in [3.8, 4) is 11.5 Å². The van der Waals surface area contributed by atoms with Crippen LogP contribution < -0.4 is 5.73 Å². The molecule has 5 rings (SSSR count). The molecule has 5 heterocycles. The summed E-state index contributed by atoms with van der Waals surface area (Å²) in [7, 11) is 0. The Balaban J connectivity index is 1.41. The summed E-state index contributed by atoms with van der Waals surface area (Å²) in [5, 5.41) is 4.49. The van der Waals surface area contributed by atoms with E-state index in [1.807, 2.05) is 29.2 Å². The normalized spacial score (nSPS) is 22.8. The molecule has 8 heteroatoms. The number of carbonyl (C=O) groups is 1. The zero-order chi connectivity index (χ0) is 19.1. The number of nitrogens with two attached hydrogens (primary N) is 1. The van der Waals surface area contributed by atoms with Crippen molar-refractivity contribution in [1.82, 2.24) is 19.5 Å². The lowest BCUT2D eigenvalue weighted by molar-refractivity contribution is -0.142. The van der Waals surface area contributed by atoms with E-state index in [2.05, 4.69) is 5.10 Å². The molecule has 2 aliphatic heterocycles. The molecule has 2 aliphatic rings. The fourth-order valence-electron chi connectivity index (χ4n) is 4.17. The molecule has 8 nitrogen and oxygen atoms in total. The van der Waals surface area contributed by atoms with E-state index in [-0.39, 0.29) is 17.9 Å². The van der Waals surface area contributed by atoms with Gasteiger partial charge in [-0.3, -0.25) is 4.79 Å². The number of ether oxygens (including phenoxy) is 1. The highest BCUT2D eigenvalue weighted by Crippen LogP contribution is 2.30. The molecule has 0 spiro atoms. The number of fused-ring (bicyclic) bond motifs is 1. The Bertz CT molecular complexity index is 991. The lowest BCUT2D eigenvalue weighted by Crippen LogP contribution is -2.44. The minimum atomic E-state index is -0.273. The predicted molar refractivity (Wildman–Crippen MR) is 103 cm³/mol. The van der Waals surface area contributed by atoms with Gasteiger partial charge in [-0.05, 0) is 37.8 Å². The highest BCUT2D eigenvalue weighted by Gasteiger charge is 2.32. The van der Waals surface area contributed by atoms with Gasteiger partial charge in [0, 0.05) is 37.7 Å². The first-order valence-electron chi connectivity index (χ1n) is 9.79. The fourth-order valence-corrected chi connectivity index (χ4v) is 4.17. The van der Waals surface area contributed by atoms with E-state index in [1.165, 1.54) is 0 Å². The molecule has 0 aromatic carbocycles. The summed E-state index contributed by atoms with van der Waals surface area (Å²) < 4.78 is 12.6. The minimum Gasteiger partial charge on any atom is -0.463 e. The Labute approximate surface area is 162 Å². The van der Waals surface area contributed by atoms with Gasteiger partial charge in [0.1, 0.15) is 17.6 Å². The average Bonchev–Trinajstić information content (AvgIpc) is 3.48. The highest BCUT2D eigenvalue weighted by atomic mass is 16.5. The van der Waals surface area contributed by atoms with E-state index in [0.29, 0.717) is 36.1 Å². The average molecular weight is 381 g/mol. The fraction of sp³-hybridized carbons (Fsp3) is 0.450. The Kier molecular flexibility index (Phi) is 4.27. The van der Waals surface area contributed by atoms with Gasteiger partial charge in [-0.25, -0.2) is 4.98 Å². The number of carbonyl (C=O) groups excluding carboxylic acids is 1. The van der Waals surface area contributed by atoms with Gasteiger partial charge in [-0.1, -0.05) is 0 Å². The zero-order valence-electron chi connectivity index (χ0n) is 15.6. The Morgan fingerprint density at radius 2 is 2.18 bits per heavy atom. The second kappa shape index (κ2) is 6.94. The van der Waals surface area contributed by atoms with Gasteiger partial charge >= 0.3 is 0 Å². The number of anilines is 1. The van der Waals surface area contributed by atoms with Crippen molar-refractivity contribution in [3.05, 3.63) is 36.2 Å². The number of amides is 1. The van der Waals surface area contributed by atoms with Gasteiger partial charge in [-0.15, -0.1) is 0 Å². The van der Waals surface area contributed by atoms with Gasteiger partial charge < -0.3 is 19.8 Å². The lowest BCUT2D eigenvalue weighted by atomic mass is 9.94. The second-order valence-corrected chi connectivity index (χ2v) is 7.51. The van der Waals surface area contributed by atoms with Crippen LogP contribution >= 0.6 is 0 Å². The van der Waals surface area contributed by atoms with Crippen molar-refractivity contribution in [3.63, 3.8) is 0 Å². The van der Waals surface area contributed by atoms with Crippen molar-refractivity contribution >= 4 is 17.4 Å². The molecule has 3 aromatic rings. The molecule has 0 bridgehead atoms. The quantitative estimate of drug-likeness (QED) is 0.748. The number of nitrogen functional groups attached to an aromatic ring is 1. The summed E-state index contributed by atoms with van der Waals surface area (Å²) in [4.78, 5) is 19.4. The first-order valence-corrected chi connectivity index (χ1v) is 9.79. The number of rotatable bonds is 3. The zero-order valence-corrected chi connectivity index (χ0v) is 15.6. The molecule has 2 unspecified atom stereocenters. The third-order valence-electron chi connectivity index (χ3n) is 5.60. The molecule has 146 valence electrons. The maximum absolute atomic E-state index is 12.7. The number of nitrogens with zero attached hydrogens (tertiary/aromatic N) is 4. The largest absolute Gasteiger partial charge is 0.463 e. The van der Waals surface area contributed by atoms with E-state index in [1.54, 1.807) is 10.8 Å². The summed E-state index contributed by atoms with van der Waals surface area (Å²) in [6, 6.07) is 7.42. The Morgan fingerprint density at radius 3 is 2.96 bits per heavy atom. The third kappa shape index (κ3) is 3.03. The first-order chi connectivity index (χ1) is 13.7. The number of likely N-dealkylation sites (tertiary alicyclic amines) is 1. The van der Waals surface area contributed by atoms with E-state index in [0.717, 1.165) is 37.9 Å². The van der Waals surface area contributed by atoms with Crippen LogP contribution in [-0.4, -0.2) is 51.2 Å². The molecule has 0 saturated carbocycles. The smallest absolute Gasteiger partial charge is 0.251 e. The van der Waals surface area contributed by atoms with E-state index >= 15 is 0 Å². The summed E-state index contributed by atoms with van der Waals surface area (Å²) in [5.41, 5.74) is 8.54. The van der Waals surface area contributed by atoms with Gasteiger partial charge in [0.2, 0.25) is 0 Å². The van der Waals surface area contributed by atoms with Crippen LogP contribution in [0, 0.1) is 0 Å². The van der Waals surface area contributed by atoms with Gasteiger partial charge in [-0.2, -0.15) is 9.61 Å². The number of aromatic nitrogens is 3. The van der Waals surface area contributed by atoms with Crippen molar-refractivity contribution in [1.29, 1.82) is 0 Å². The molecule has 2 atom stereocenters. The number of hydrogen-bond donors (Lipinski definition) is 1. The van der Waals surface area contributed by atoms with Crippen LogP contribution in [0.2, 0.25) is 0 Å². The van der Waals surface area contributed by atoms with Crippen LogP contribution in [0.3, 0.4) is 0 Å². The maximum atomic E-state index is 12.7. The van der Waals surface area contributed by atoms with Gasteiger partial charge in [0.15, 0.2) is 11.4 Å². The van der Waals surface area contributed by atoms with E-state index < -0.39 is 0 Å². The third-order valence-corrected chi connectivity index (χ3v) is 5.60. The molecule has 28 heavy (non-hydrogen) atoms. The molecule has 1 amide bonds. The molecule has 3 aromatic heterocycles. The Morgan fingerprint density at radius 1 is 1.25 bits per heavy atom. The van der Waals surface area contributed by atoms with E-state index in [4.69, 9.17) is 19.9 Å². The predicted octanol–water partition coefficient (Wildman–Crippen LogP) is 2.46. The van der Waals surface area contributed by atoms with Crippen molar-refractivity contribution in [2.45, 2.75) is 37.7 Å². The first kappa shape index (κ1) is 17.2. The van der Waals surface area contributed by atoms with Crippen LogP contribution in [0.25, 0.3) is 17.1 Å². The number of hydrogen-bond acceptors (Lipinski definition) is 6. The summed E-state index contributed by atoms with van der Waals surface area (Å²) in [6.07, 6.45) is 5.06. The topological polar surface area (TPSA) is 98.9 Å². The van der Waals surface area contributed by atoms with Crippen LogP contribution in [0.4, 0.5) is 5.82 Å². The van der Waals surface area contributed by atoms with Crippen molar-refractivity contribution in [2.75, 3.05) is 25.4 Å². The SMILES string of the molecule is Nc1cc(C2CCCN(C(=O)C3CCCO3)C2)nc2cc(-c3ccco3)nn12. The van der Waals surface area contributed by atoms with Crippen LogP contribution in [0.5, 0.6) is 0 Å². The van der Waals surface area contributed by atoms with Crippen molar-refractivity contribution in [2.24, 2.45) is 0 Å². The molecule has 2 N–H and O–H groups in total. The van der Waals surface area contributed by atoms with E-state index in [9.17, 15) is 4.79 Å². The second-order valence-electron chi connectivity index (χ2n) is 7.51. The molecular formula is C20H23N5O3. The lowest BCUT2D eigenvalue weighted by Gasteiger charge is -2.34. The molecule has 2 saturated heterocycles. The standard InChI is InChI=1S/C20H23N5O3/c21-18-10-14(22-19-11-15(23-25(18)19)16-5-2-8-27-16)13-4-1-7-24(12-13)20(26)17-6-3-9-28-17/h2,5,8,10-11,13,17H,1,3-4,6-7,9,12,21H2. The maximum Gasteiger partial charge on any atom is 0.251 e. The number of furan rings is 1. The minimum absolute atomic E-state index is 0.112. The summed E-state index contributed by atoms with van der Waals surface area (Å²) in [6.45, 7) is 2.12. The van der Waals surface area contributed by atoms with Crippen molar-refractivity contribution < 1.29 is 13.9 Å². The van der Waals surface area contributed by atoms with Crippen LogP contribution in [-0.2, 0) is 9.53 Å². The molecule has 0 aliphatic carbocycles. The number of piperidine rings is 1. The van der Waals surface area contributed by atoms with Gasteiger partial charge in [0.05, 0.1) is 12.0 Å². The summed E-state index contributed by atoms with van der Waals surface area (Å²) >= 11 is 0. The Hall–Kier alpha value is -2.87. The molecular weight excluding hydrogens is 358 g/mol. The monoisotopic (exact) mass is 381 g/mol. The van der Waals surface area contributed by atoms with Crippen LogP contribution in [0.15, 0.2) is 34.9 Å². The van der Waals surface area contributed by atoms with Crippen LogP contribution in [0.1, 0.15) is 37.3 Å².